The molecule has 94 valence electrons. The summed E-state index contributed by atoms with van der Waals surface area (Å²) in [5.74, 6) is 4.17. The van der Waals surface area contributed by atoms with Crippen molar-refractivity contribution in [3.8, 4) is 11.8 Å². The second-order valence-electron chi connectivity index (χ2n) is 3.45. The molecule has 0 aliphatic heterocycles. The average Bonchev–Trinajstić information content (AvgIpc) is 2.30. The maximum atomic E-state index is 10.8. The lowest BCUT2D eigenvalue weighted by atomic mass is 10.1. The molecule has 0 saturated carbocycles. The van der Waals surface area contributed by atoms with Crippen LogP contribution in [0.4, 0.5) is 5.69 Å². The van der Waals surface area contributed by atoms with Crippen LogP contribution in [0.25, 0.3) is 0 Å². The first kappa shape index (κ1) is 13.7. The number of carboxylic acids is 1. The lowest BCUT2D eigenvalue weighted by Crippen LogP contribution is -2.04. The van der Waals surface area contributed by atoms with Gasteiger partial charge in [-0.2, -0.15) is 0 Å². The Morgan fingerprint density at radius 2 is 2.17 bits per heavy atom. The van der Waals surface area contributed by atoms with E-state index < -0.39 is 17.3 Å². The first-order valence-electron chi connectivity index (χ1n) is 5.13. The van der Waals surface area contributed by atoms with Gasteiger partial charge in [0, 0.05) is 23.6 Å². The molecule has 1 aromatic rings. The lowest BCUT2D eigenvalue weighted by Gasteiger charge is -2.00. The highest BCUT2D eigenvalue weighted by molar-refractivity contribution is 5.72. The summed E-state index contributed by atoms with van der Waals surface area (Å²) in [6, 6.07) is 4.15. The maximum Gasteiger partial charge on any atom is 0.308 e. The number of carboxylic acid groups (broad SMARTS) is 1. The minimum Gasteiger partial charge on any atom is -0.481 e. The van der Waals surface area contributed by atoms with Crippen molar-refractivity contribution in [1.82, 2.24) is 0 Å². The monoisotopic (exact) mass is 249 g/mol. The number of aliphatic hydroxyl groups excluding tert-OH is 1. The highest BCUT2D eigenvalue weighted by Crippen LogP contribution is 2.20. The van der Waals surface area contributed by atoms with Crippen LogP contribution >= 0.6 is 0 Å². The fourth-order valence-electron chi connectivity index (χ4n) is 1.34. The highest BCUT2D eigenvalue weighted by Gasteiger charge is 2.16. The summed E-state index contributed by atoms with van der Waals surface area (Å²) >= 11 is 0. The van der Waals surface area contributed by atoms with Crippen molar-refractivity contribution in [2.45, 2.75) is 12.8 Å². The number of rotatable bonds is 4. The fourth-order valence-corrected chi connectivity index (χ4v) is 1.34. The molecule has 0 heterocycles. The summed E-state index contributed by atoms with van der Waals surface area (Å²) in [5.41, 5.74) is 0.303. The Kier molecular flexibility index (Phi) is 4.84. The molecular weight excluding hydrogens is 238 g/mol. The highest BCUT2D eigenvalue weighted by atomic mass is 16.6. The first-order valence-corrected chi connectivity index (χ1v) is 5.13. The Labute approximate surface area is 103 Å². The van der Waals surface area contributed by atoms with E-state index in [4.69, 9.17) is 10.2 Å². The van der Waals surface area contributed by atoms with Gasteiger partial charge in [0.1, 0.15) is 0 Å². The second kappa shape index (κ2) is 6.37. The van der Waals surface area contributed by atoms with Crippen LogP contribution in [-0.2, 0) is 11.2 Å². The number of aliphatic hydroxyl groups is 1. The molecular formula is C12H11NO5. The van der Waals surface area contributed by atoms with Gasteiger partial charge >= 0.3 is 5.97 Å². The van der Waals surface area contributed by atoms with E-state index in [1.807, 2.05) is 0 Å². The number of carbonyl (C=O) groups is 1. The number of nitrogens with zero attached hydrogens (tertiary/aromatic N) is 1. The van der Waals surface area contributed by atoms with Gasteiger partial charge in [-0.1, -0.05) is 17.9 Å². The molecule has 6 heteroatoms. The molecule has 0 aliphatic rings. The zero-order valence-corrected chi connectivity index (χ0v) is 9.42. The molecule has 1 aromatic carbocycles. The smallest absolute Gasteiger partial charge is 0.308 e. The van der Waals surface area contributed by atoms with Crippen molar-refractivity contribution < 1.29 is 19.9 Å². The molecule has 0 radical (unpaired) electrons. The van der Waals surface area contributed by atoms with Gasteiger partial charge in [0.2, 0.25) is 0 Å². The van der Waals surface area contributed by atoms with Crippen LogP contribution in [-0.4, -0.2) is 27.7 Å². The molecule has 0 amide bonds. The predicted molar refractivity (Wildman–Crippen MR) is 63.0 cm³/mol. The van der Waals surface area contributed by atoms with Crippen molar-refractivity contribution in [3.63, 3.8) is 0 Å². The topological polar surface area (TPSA) is 101 Å². The lowest BCUT2D eigenvalue weighted by molar-refractivity contribution is -0.385. The molecule has 0 aromatic heterocycles. The third-order valence-corrected chi connectivity index (χ3v) is 2.09. The maximum absolute atomic E-state index is 10.8. The van der Waals surface area contributed by atoms with Crippen LogP contribution in [0, 0.1) is 22.0 Å². The molecule has 0 aliphatic carbocycles. The van der Waals surface area contributed by atoms with E-state index in [1.54, 1.807) is 0 Å². The van der Waals surface area contributed by atoms with Gasteiger partial charge in [0.25, 0.3) is 5.69 Å². The second-order valence-corrected chi connectivity index (χ2v) is 3.45. The van der Waals surface area contributed by atoms with Gasteiger partial charge in [-0.25, -0.2) is 0 Å². The number of hydrogen-bond acceptors (Lipinski definition) is 4. The zero-order chi connectivity index (χ0) is 13.5. The molecule has 0 fully saturated rings. The molecule has 6 nitrogen and oxygen atoms in total. The number of nitro benzene ring substituents is 1. The van der Waals surface area contributed by atoms with Crippen LogP contribution < -0.4 is 0 Å². The number of benzene rings is 1. The minimum atomic E-state index is -1.13. The van der Waals surface area contributed by atoms with E-state index in [1.165, 1.54) is 18.2 Å². The van der Waals surface area contributed by atoms with Crippen LogP contribution in [0.1, 0.15) is 17.5 Å². The van der Waals surface area contributed by atoms with Gasteiger partial charge in [-0.3, -0.25) is 14.9 Å². The van der Waals surface area contributed by atoms with Crippen LogP contribution in [0.2, 0.25) is 0 Å². The summed E-state index contributed by atoms with van der Waals surface area (Å²) < 4.78 is 0. The van der Waals surface area contributed by atoms with Crippen LogP contribution in [0.3, 0.4) is 0 Å². The first-order chi connectivity index (χ1) is 8.54. The summed E-state index contributed by atoms with van der Waals surface area (Å²) in [5, 5.41) is 28.0. The Morgan fingerprint density at radius 3 is 2.72 bits per heavy atom. The standard InChI is InChI=1S/C12H11NO5/c14-6-2-1-3-9-4-5-10(8-12(15)16)11(7-9)13(17)18/h4-5,7,14H,2,6,8H2,(H,15,16). The SMILES string of the molecule is O=C(O)Cc1ccc(C#CCCO)cc1[N+](=O)[O-]. The number of nitro groups is 1. The van der Waals surface area contributed by atoms with Crippen LogP contribution in [0.15, 0.2) is 18.2 Å². The Bertz CT molecular complexity index is 527. The largest absolute Gasteiger partial charge is 0.481 e. The third-order valence-electron chi connectivity index (χ3n) is 2.09. The number of hydrogen-bond donors (Lipinski definition) is 2. The van der Waals surface area contributed by atoms with E-state index in [0.717, 1.165) is 0 Å². The quantitative estimate of drug-likeness (QED) is 0.470. The molecule has 0 saturated heterocycles. The predicted octanol–water partition coefficient (Wildman–Crippen LogP) is 0.956. The summed E-state index contributed by atoms with van der Waals surface area (Å²) in [6.07, 6.45) is -0.120. The number of aliphatic carboxylic acids is 1. The van der Waals surface area contributed by atoms with E-state index in [0.29, 0.717) is 5.56 Å². The fraction of sp³-hybridized carbons (Fsp3) is 0.250. The van der Waals surface area contributed by atoms with Gasteiger partial charge in [-0.05, 0) is 6.07 Å². The van der Waals surface area contributed by atoms with Crippen molar-refractivity contribution in [1.29, 1.82) is 0 Å². The Hall–Kier alpha value is -2.39. The minimum absolute atomic E-state index is 0.0772. The zero-order valence-electron chi connectivity index (χ0n) is 9.42. The van der Waals surface area contributed by atoms with Crippen molar-refractivity contribution in [3.05, 3.63) is 39.4 Å². The van der Waals surface area contributed by atoms with Gasteiger partial charge < -0.3 is 10.2 Å². The normalized spacial score (nSPS) is 9.39. The molecule has 2 N–H and O–H groups in total. The molecule has 0 unspecified atom stereocenters. The summed E-state index contributed by atoms with van der Waals surface area (Å²) in [4.78, 5) is 20.7. The van der Waals surface area contributed by atoms with Gasteiger partial charge in [0.05, 0.1) is 18.0 Å². The van der Waals surface area contributed by atoms with Gasteiger partial charge in [0.15, 0.2) is 0 Å². The molecule has 18 heavy (non-hydrogen) atoms. The Balaban J connectivity index is 3.08. The van der Waals surface area contributed by atoms with E-state index in [9.17, 15) is 14.9 Å². The molecule has 0 spiro atoms. The van der Waals surface area contributed by atoms with E-state index >= 15 is 0 Å². The van der Waals surface area contributed by atoms with Crippen molar-refractivity contribution in [2.75, 3.05) is 6.61 Å². The van der Waals surface area contributed by atoms with Crippen LogP contribution in [0.5, 0.6) is 0 Å². The van der Waals surface area contributed by atoms with Crippen molar-refractivity contribution in [2.24, 2.45) is 0 Å². The van der Waals surface area contributed by atoms with Crippen molar-refractivity contribution >= 4 is 11.7 Å². The molecule has 1 rings (SSSR count). The molecule has 0 bridgehead atoms. The summed E-state index contributed by atoms with van der Waals surface area (Å²) in [6.45, 7) is -0.0772. The third kappa shape index (κ3) is 3.88. The van der Waals surface area contributed by atoms with E-state index in [2.05, 4.69) is 11.8 Å². The van der Waals surface area contributed by atoms with Gasteiger partial charge in [-0.15, -0.1) is 0 Å². The molecule has 0 atom stereocenters. The van der Waals surface area contributed by atoms with E-state index in [-0.39, 0.29) is 24.3 Å². The summed E-state index contributed by atoms with van der Waals surface area (Å²) in [7, 11) is 0. The average molecular weight is 249 g/mol. The Morgan fingerprint density at radius 1 is 1.44 bits per heavy atom.